The summed E-state index contributed by atoms with van der Waals surface area (Å²) in [7, 11) is 0. The van der Waals surface area contributed by atoms with Crippen molar-refractivity contribution in [2.75, 3.05) is 0 Å². The molecule has 10 aliphatic heterocycles. The van der Waals surface area contributed by atoms with Gasteiger partial charge in [-0.2, -0.15) is 0 Å². The van der Waals surface area contributed by atoms with Crippen molar-refractivity contribution < 1.29 is 6.51 Å². The molecule has 1 heteroatoms. The first-order valence-corrected chi connectivity index (χ1v) is 18.0. The summed E-state index contributed by atoms with van der Waals surface area (Å²) in [6.45, 7) is 28.9. The summed E-state index contributed by atoms with van der Waals surface area (Å²) in [6, 6.07) is 0. The van der Waals surface area contributed by atoms with Gasteiger partial charge >= 0.3 is 157 Å². The molecule has 0 bridgehead atoms. The Morgan fingerprint density at radius 2 is 0.704 bits per heavy atom. The van der Waals surface area contributed by atoms with Gasteiger partial charge in [0.15, 0.2) is 0 Å². The van der Waals surface area contributed by atoms with Crippen LogP contribution in [0, 0.1) is 21.7 Å². The molecule has 10 saturated heterocycles. The molecule has 0 saturated carbocycles. The van der Waals surface area contributed by atoms with Gasteiger partial charge in [0.25, 0.3) is 0 Å². The summed E-state index contributed by atoms with van der Waals surface area (Å²) in [5, 5.41) is 0. The Balaban J connectivity index is 1.60. The van der Waals surface area contributed by atoms with Crippen molar-refractivity contribution in [1.82, 2.24) is 0 Å². The third kappa shape index (κ3) is 0.188. The third-order valence-electron chi connectivity index (χ3n) is 19.4. The molecule has 0 aromatic rings. The fourth-order valence-electron chi connectivity index (χ4n) is 26.2. The predicted octanol–water partition coefficient (Wildman–Crippen LogP) is 9.04. The van der Waals surface area contributed by atoms with Crippen molar-refractivity contribution >= 4 is 0 Å². The van der Waals surface area contributed by atoms with Gasteiger partial charge in [0, 0.05) is 0 Å². The van der Waals surface area contributed by atoms with Crippen LogP contribution >= 0.6 is 0 Å². The SMILES string of the molecule is CC(C)(C)[C]12[CH]3[C]4(C(C)(C)C)[C]5(C(C)(C)C)[C]1(C(C)(C)C)[Fe]32451678[CH]2[CH]1[CH]6[CH]7[CH]28. The molecule has 0 N–H and O–H groups in total. The van der Waals surface area contributed by atoms with Crippen molar-refractivity contribution in [3.63, 3.8) is 0 Å². The van der Waals surface area contributed by atoms with Crippen LogP contribution < -0.4 is 0 Å². The van der Waals surface area contributed by atoms with E-state index in [9.17, 15) is 0 Å². The van der Waals surface area contributed by atoms with Crippen LogP contribution in [-0.2, 0) is 6.51 Å². The summed E-state index contributed by atoms with van der Waals surface area (Å²) in [6.07, 6.45) is 0. The van der Waals surface area contributed by atoms with Gasteiger partial charge in [0.1, 0.15) is 0 Å². The number of rotatable bonds is 0. The molecular formula is C26H42Fe. The maximum absolute atomic E-state index is 3.90. The zero-order valence-corrected chi connectivity index (χ0v) is 20.9. The Hall–Kier alpha value is 0.519. The van der Waals surface area contributed by atoms with Crippen molar-refractivity contribution in [3.8, 4) is 0 Å². The molecule has 0 aromatic heterocycles. The summed E-state index contributed by atoms with van der Waals surface area (Å²) in [5.41, 5.74) is 2.12. The molecule has 0 amide bonds. The van der Waals surface area contributed by atoms with Gasteiger partial charge in [-0.3, -0.25) is 0 Å². The van der Waals surface area contributed by atoms with Crippen LogP contribution in [0.2, 0.25) is 46.2 Å². The van der Waals surface area contributed by atoms with Crippen molar-refractivity contribution in [3.05, 3.63) is 0 Å². The Labute approximate surface area is 157 Å². The average Bonchev–Trinajstić information content (AvgIpc) is 3.35. The quantitative estimate of drug-likeness (QED) is 0.349. The van der Waals surface area contributed by atoms with Gasteiger partial charge in [0.05, 0.1) is 0 Å². The summed E-state index contributed by atoms with van der Waals surface area (Å²) >= 11 is 0. The van der Waals surface area contributed by atoms with Gasteiger partial charge in [0.2, 0.25) is 0 Å². The monoisotopic (exact) mass is 410 g/mol. The Kier molecular flexibility index (Phi) is 0.746. The van der Waals surface area contributed by atoms with Crippen molar-refractivity contribution in [1.29, 1.82) is 0 Å². The van der Waals surface area contributed by atoms with E-state index in [0.717, 1.165) is 17.3 Å². The van der Waals surface area contributed by atoms with Crippen LogP contribution in [-0.4, -0.2) is 0 Å². The van der Waals surface area contributed by atoms with Gasteiger partial charge < -0.3 is 0 Å². The Morgan fingerprint density at radius 3 is 0.852 bits per heavy atom. The topological polar surface area (TPSA) is 0 Å². The fourth-order valence-corrected chi connectivity index (χ4v) is 118. The van der Waals surface area contributed by atoms with Crippen molar-refractivity contribution in [2.45, 2.75) is 129 Å². The Morgan fingerprint density at radius 1 is 0.444 bits per heavy atom. The minimum absolute atomic E-state index is 0.519. The molecule has 0 radical (unpaired) electrons. The average molecular weight is 410 g/mol. The molecule has 0 aliphatic carbocycles. The molecule has 10 rings (SSSR count). The van der Waals surface area contributed by atoms with E-state index in [1.165, 1.54) is 28.9 Å². The molecule has 154 valence electrons. The van der Waals surface area contributed by atoms with E-state index in [2.05, 4.69) is 83.1 Å². The number of fused-ring (bicyclic) bond motifs is 10. The van der Waals surface area contributed by atoms with Gasteiger partial charge in [-0.05, 0) is 0 Å². The predicted molar refractivity (Wildman–Crippen MR) is 111 cm³/mol. The molecule has 10 fully saturated rings. The Bertz CT molecular complexity index is 1260. The van der Waals surface area contributed by atoms with Crippen LogP contribution in [0.15, 0.2) is 0 Å². The van der Waals surface area contributed by atoms with Crippen LogP contribution in [0.3, 0.4) is 0 Å². The van der Waals surface area contributed by atoms with E-state index < -0.39 is 6.51 Å². The third-order valence-corrected chi connectivity index (χ3v) is 65.1. The fraction of sp³-hybridized carbons (Fsp3) is 1.00. The van der Waals surface area contributed by atoms with Crippen molar-refractivity contribution in [2.24, 2.45) is 21.7 Å². The van der Waals surface area contributed by atoms with Crippen LogP contribution in [0.4, 0.5) is 0 Å². The zero-order chi connectivity index (χ0) is 19.8. The van der Waals surface area contributed by atoms with E-state index in [1.54, 1.807) is 0 Å². The summed E-state index contributed by atoms with van der Waals surface area (Å²) in [5.74, 6) is 0. The molecule has 1 spiro atoms. The number of hydrogen-bond donors (Lipinski definition) is 0. The van der Waals surface area contributed by atoms with Gasteiger partial charge in [-0.15, -0.1) is 0 Å². The molecular weight excluding hydrogens is 368 g/mol. The standard InChI is InChI=1S/C21H37.C5H5.Fe/c1-18(2,3)14-13-15(19(4,5)6)17(21(10,11)12)16(14)20(7,8)9;1-2-4-5-3-1;/h13H,1-12H3;1-5H;. The van der Waals surface area contributed by atoms with E-state index in [1.807, 2.05) is 0 Å². The first-order chi connectivity index (χ1) is 11.7. The van der Waals surface area contributed by atoms with E-state index >= 15 is 0 Å². The molecule has 4 atom stereocenters. The van der Waals surface area contributed by atoms with Gasteiger partial charge in [-0.25, -0.2) is 0 Å². The normalized spacial score (nSPS) is 90.5. The minimum atomic E-state index is -3.90. The van der Waals surface area contributed by atoms with E-state index in [4.69, 9.17) is 0 Å². The molecule has 0 aromatic carbocycles. The van der Waals surface area contributed by atoms with Crippen LogP contribution in [0.25, 0.3) is 0 Å². The zero-order valence-electron chi connectivity index (χ0n) is 19.8. The molecule has 10 aliphatic rings. The van der Waals surface area contributed by atoms with E-state index in [0.29, 0.717) is 21.7 Å². The van der Waals surface area contributed by atoms with E-state index in [-0.39, 0.29) is 0 Å². The summed E-state index contributed by atoms with van der Waals surface area (Å²) in [4.78, 5) is 7.92. The first-order valence-electron chi connectivity index (χ1n) is 11.9. The van der Waals surface area contributed by atoms with Gasteiger partial charge in [-0.1, -0.05) is 0 Å². The second-order valence-electron chi connectivity index (χ2n) is 18.9. The second kappa shape index (κ2) is 1.39. The first kappa shape index (κ1) is 14.5. The number of hydrogen-bond acceptors (Lipinski definition) is 0. The summed E-state index contributed by atoms with van der Waals surface area (Å²) < 4.78 is 3.32. The second-order valence-corrected chi connectivity index (χ2v) is 41.4. The molecule has 4 unspecified atom stereocenters. The van der Waals surface area contributed by atoms with Crippen LogP contribution in [0.5, 0.6) is 0 Å². The molecule has 10 heterocycles. The van der Waals surface area contributed by atoms with Crippen LogP contribution in [0.1, 0.15) is 83.1 Å². The maximum atomic E-state index is 2.74. The molecule has 27 heavy (non-hydrogen) atoms. The molecule has 0 nitrogen and oxygen atoms in total.